The maximum absolute atomic E-state index is 12.5. The Morgan fingerprint density at radius 2 is 2.22 bits per heavy atom. The predicted octanol–water partition coefficient (Wildman–Crippen LogP) is 2.94. The van der Waals surface area contributed by atoms with Gasteiger partial charge >= 0.3 is 0 Å². The van der Waals surface area contributed by atoms with Gasteiger partial charge in [0.2, 0.25) is 5.78 Å². The molecule has 2 heterocycles. The van der Waals surface area contributed by atoms with Gasteiger partial charge in [0.05, 0.1) is 4.92 Å². The molecule has 3 rings (SSSR count). The molecule has 0 saturated heterocycles. The lowest BCUT2D eigenvalue weighted by atomic mass is 9.99. The van der Waals surface area contributed by atoms with Gasteiger partial charge in [0.25, 0.3) is 5.69 Å². The van der Waals surface area contributed by atoms with Crippen LogP contribution in [0, 0.1) is 10.1 Å². The van der Waals surface area contributed by atoms with E-state index < -0.39 is 16.3 Å². The minimum Gasteiger partial charge on any atom is -0.384 e. The summed E-state index contributed by atoms with van der Waals surface area (Å²) in [6.07, 6.45) is 3.12. The highest BCUT2D eigenvalue weighted by atomic mass is 32.1. The highest BCUT2D eigenvalue weighted by Gasteiger charge is 2.26. The third kappa shape index (κ3) is 3.88. The van der Waals surface area contributed by atoms with Crippen molar-refractivity contribution in [2.75, 3.05) is 11.9 Å². The van der Waals surface area contributed by atoms with Gasteiger partial charge in [0.15, 0.2) is 5.82 Å². The number of benzene rings is 1. The average molecular weight is 386 g/mol. The number of rotatable bonds is 7. The molecular weight excluding hydrogens is 368 g/mol. The number of aliphatic hydroxyl groups is 1. The molecule has 0 saturated carbocycles. The Labute approximate surface area is 159 Å². The molecule has 2 aromatic heterocycles. The number of hydrogen-bond acceptors (Lipinski definition) is 7. The number of anilines is 1. The first kappa shape index (κ1) is 18.7. The van der Waals surface area contributed by atoms with Gasteiger partial charge in [-0.2, -0.15) is 11.3 Å². The smallest absolute Gasteiger partial charge is 0.293 e. The van der Waals surface area contributed by atoms with Gasteiger partial charge in [-0.15, -0.1) is 0 Å². The lowest BCUT2D eigenvalue weighted by Gasteiger charge is -2.23. The summed E-state index contributed by atoms with van der Waals surface area (Å²) in [5.74, 6) is -0.201. The summed E-state index contributed by atoms with van der Waals surface area (Å²) >= 11 is 1.46. The summed E-state index contributed by atoms with van der Waals surface area (Å²) in [7, 11) is 1.68. The molecule has 0 spiro atoms. The number of hydrogen-bond donors (Lipinski definition) is 2. The third-order valence-corrected chi connectivity index (χ3v) is 4.93. The topological polar surface area (TPSA) is 110 Å². The summed E-state index contributed by atoms with van der Waals surface area (Å²) in [4.78, 5) is 27.4. The largest absolute Gasteiger partial charge is 0.384 e. The highest BCUT2D eigenvalue weighted by Crippen LogP contribution is 2.29. The monoisotopic (exact) mass is 386 g/mol. The van der Waals surface area contributed by atoms with Crippen LogP contribution in [0.4, 0.5) is 11.4 Å². The highest BCUT2D eigenvalue weighted by molar-refractivity contribution is 7.08. The zero-order chi connectivity index (χ0) is 19.6. The van der Waals surface area contributed by atoms with Crippen LogP contribution < -0.4 is 5.32 Å². The number of nitrogens with one attached hydrogen (secondary N) is 1. The van der Waals surface area contributed by atoms with E-state index in [0.29, 0.717) is 0 Å². The van der Waals surface area contributed by atoms with Crippen LogP contribution in [0.2, 0.25) is 0 Å². The van der Waals surface area contributed by atoms with Gasteiger partial charge < -0.3 is 15.0 Å². The van der Waals surface area contributed by atoms with Gasteiger partial charge in [-0.1, -0.05) is 0 Å². The molecule has 1 atom stereocenters. The molecule has 140 valence electrons. The van der Waals surface area contributed by atoms with Crippen molar-refractivity contribution in [3.05, 3.63) is 74.5 Å². The van der Waals surface area contributed by atoms with Crippen molar-refractivity contribution >= 4 is 28.5 Å². The lowest BCUT2D eigenvalue weighted by molar-refractivity contribution is -0.384. The summed E-state index contributed by atoms with van der Waals surface area (Å²) < 4.78 is 1.55. The number of aryl methyl sites for hydroxylation is 1. The molecule has 0 aliphatic carbocycles. The van der Waals surface area contributed by atoms with E-state index >= 15 is 0 Å². The quantitative estimate of drug-likeness (QED) is 0.367. The number of thiophene rings is 1. The number of aromatic nitrogens is 2. The molecular formula is C18H18N4O4S. The van der Waals surface area contributed by atoms with Crippen LogP contribution in [0.15, 0.2) is 47.4 Å². The SMILES string of the molecule is Cn1ccnc1C(=O)c1ccc(NCC(C)(O)c2ccsc2)c([N+](=O)[O-])c1. The minimum absolute atomic E-state index is 0.0806. The van der Waals surface area contributed by atoms with Crippen molar-refractivity contribution in [1.29, 1.82) is 0 Å². The molecule has 0 aliphatic heterocycles. The molecule has 1 aromatic carbocycles. The molecule has 3 aromatic rings. The molecule has 0 radical (unpaired) electrons. The zero-order valence-corrected chi connectivity index (χ0v) is 15.6. The standard InChI is InChI=1S/C18H18N4O4S/c1-18(24,13-5-8-27-10-13)11-20-14-4-3-12(9-15(14)22(25)26)16(23)17-19-6-7-21(17)2/h3-10,20,24H,11H2,1-2H3. The number of imidazole rings is 1. The Balaban J connectivity index is 1.85. The fourth-order valence-electron chi connectivity index (χ4n) is 2.63. The minimum atomic E-state index is -1.19. The molecule has 0 aliphatic rings. The van der Waals surface area contributed by atoms with Crippen LogP contribution in [-0.2, 0) is 12.6 Å². The van der Waals surface area contributed by atoms with Crippen molar-refractivity contribution in [2.45, 2.75) is 12.5 Å². The van der Waals surface area contributed by atoms with Gasteiger partial charge in [-0.3, -0.25) is 14.9 Å². The average Bonchev–Trinajstić information content (AvgIpc) is 3.31. The van der Waals surface area contributed by atoms with Crippen LogP contribution in [0.25, 0.3) is 0 Å². The van der Waals surface area contributed by atoms with Gasteiger partial charge in [-0.05, 0) is 41.4 Å². The number of nitro benzene ring substituents is 1. The van der Waals surface area contributed by atoms with Crippen molar-refractivity contribution in [3.63, 3.8) is 0 Å². The second-order valence-electron chi connectivity index (χ2n) is 6.32. The van der Waals surface area contributed by atoms with E-state index in [4.69, 9.17) is 0 Å². The third-order valence-electron chi connectivity index (χ3n) is 4.25. The molecule has 0 bridgehead atoms. The van der Waals surface area contributed by atoms with E-state index in [9.17, 15) is 20.0 Å². The van der Waals surface area contributed by atoms with E-state index in [2.05, 4.69) is 10.3 Å². The molecule has 2 N–H and O–H groups in total. The Morgan fingerprint density at radius 1 is 1.44 bits per heavy atom. The van der Waals surface area contributed by atoms with E-state index in [1.54, 1.807) is 30.8 Å². The number of carbonyl (C=O) groups is 1. The number of nitrogens with zero attached hydrogens (tertiary/aromatic N) is 3. The Kier molecular flexibility index (Phi) is 5.06. The van der Waals surface area contributed by atoms with Crippen molar-refractivity contribution < 1.29 is 14.8 Å². The van der Waals surface area contributed by atoms with E-state index in [0.717, 1.165) is 5.56 Å². The molecule has 1 unspecified atom stereocenters. The normalized spacial score (nSPS) is 13.1. The number of nitro groups is 1. The van der Waals surface area contributed by atoms with Gasteiger partial charge in [0.1, 0.15) is 11.3 Å². The van der Waals surface area contributed by atoms with E-state index in [1.807, 2.05) is 10.8 Å². The van der Waals surface area contributed by atoms with Crippen LogP contribution in [0.5, 0.6) is 0 Å². The molecule has 0 fully saturated rings. The Morgan fingerprint density at radius 3 is 2.81 bits per heavy atom. The predicted molar refractivity (Wildman–Crippen MR) is 102 cm³/mol. The first-order valence-corrected chi connectivity index (χ1v) is 9.03. The van der Waals surface area contributed by atoms with Gasteiger partial charge in [-0.25, -0.2) is 4.98 Å². The first-order valence-electron chi connectivity index (χ1n) is 8.09. The molecule has 0 amide bonds. The maximum Gasteiger partial charge on any atom is 0.293 e. The second kappa shape index (κ2) is 7.29. The van der Waals surface area contributed by atoms with Gasteiger partial charge in [0, 0.05) is 37.6 Å². The van der Waals surface area contributed by atoms with Crippen molar-refractivity contribution in [1.82, 2.24) is 9.55 Å². The molecule has 27 heavy (non-hydrogen) atoms. The lowest BCUT2D eigenvalue weighted by Crippen LogP contribution is -2.30. The second-order valence-corrected chi connectivity index (χ2v) is 7.10. The first-order chi connectivity index (χ1) is 12.8. The Hall–Kier alpha value is -3.04. The molecule has 8 nitrogen and oxygen atoms in total. The summed E-state index contributed by atoms with van der Waals surface area (Å²) in [5, 5.41) is 28.6. The summed E-state index contributed by atoms with van der Waals surface area (Å²) in [6.45, 7) is 1.71. The summed E-state index contributed by atoms with van der Waals surface area (Å²) in [6, 6.07) is 6.00. The fourth-order valence-corrected chi connectivity index (χ4v) is 3.41. The maximum atomic E-state index is 12.5. The van der Waals surface area contributed by atoms with Crippen molar-refractivity contribution in [2.24, 2.45) is 7.05 Å². The number of ketones is 1. The zero-order valence-electron chi connectivity index (χ0n) is 14.7. The van der Waals surface area contributed by atoms with E-state index in [1.165, 1.54) is 35.7 Å². The van der Waals surface area contributed by atoms with Crippen LogP contribution in [-0.4, -0.2) is 31.9 Å². The van der Waals surface area contributed by atoms with E-state index in [-0.39, 0.29) is 29.3 Å². The number of carbonyl (C=O) groups excluding carboxylic acids is 1. The van der Waals surface area contributed by atoms with Crippen LogP contribution in [0.1, 0.15) is 28.7 Å². The van der Waals surface area contributed by atoms with Crippen LogP contribution >= 0.6 is 11.3 Å². The summed E-state index contributed by atoms with van der Waals surface area (Å²) in [5.41, 5.74) is -0.298. The van der Waals surface area contributed by atoms with Crippen LogP contribution in [0.3, 0.4) is 0 Å². The van der Waals surface area contributed by atoms with Crippen molar-refractivity contribution in [3.8, 4) is 0 Å². The Bertz CT molecular complexity index is 979. The fraction of sp³-hybridized carbons (Fsp3) is 0.222. The molecule has 9 heteroatoms.